The van der Waals surface area contributed by atoms with Gasteiger partial charge < -0.3 is 5.11 Å². The molecule has 90 valence electrons. The zero-order valence-corrected chi connectivity index (χ0v) is 10.2. The Labute approximate surface area is 107 Å². The summed E-state index contributed by atoms with van der Waals surface area (Å²) in [5, 5.41) is 8.85. The minimum atomic E-state index is 0.0538. The Hall–Kier alpha value is -2.03. The Kier molecular flexibility index (Phi) is 3.82. The Morgan fingerprint density at radius 2 is 2.06 bits per heavy atom. The van der Waals surface area contributed by atoms with Crippen LogP contribution < -0.4 is 0 Å². The predicted octanol–water partition coefficient (Wildman–Crippen LogP) is 1.87. The number of aliphatic hydroxyl groups is 1. The lowest BCUT2D eigenvalue weighted by molar-refractivity contribution is 0.101. The van der Waals surface area contributed by atoms with Gasteiger partial charge in [-0.2, -0.15) is 0 Å². The first-order valence-electron chi connectivity index (χ1n) is 5.94. The lowest BCUT2D eigenvalue weighted by atomic mass is 10.1. The summed E-state index contributed by atoms with van der Waals surface area (Å²) in [7, 11) is 0. The van der Waals surface area contributed by atoms with Crippen molar-refractivity contribution in [3.63, 3.8) is 0 Å². The Bertz CT molecular complexity index is 561. The number of hydrogen-bond acceptors (Lipinski definition) is 2. The average molecular weight is 238 g/mol. The fourth-order valence-corrected chi connectivity index (χ4v) is 1.65. The maximum Gasteiger partial charge on any atom is 0.159 e. The molecule has 1 saturated carbocycles. The normalized spacial score (nSPS) is 20.1. The van der Waals surface area contributed by atoms with Gasteiger partial charge in [0.15, 0.2) is 5.78 Å². The van der Waals surface area contributed by atoms with Gasteiger partial charge in [-0.05, 0) is 43.2 Å². The second-order valence-electron chi connectivity index (χ2n) is 4.44. The Morgan fingerprint density at radius 1 is 1.33 bits per heavy atom. The van der Waals surface area contributed by atoms with Crippen molar-refractivity contribution in [1.82, 2.24) is 0 Å². The van der Waals surface area contributed by atoms with Crippen molar-refractivity contribution in [1.29, 1.82) is 0 Å². The van der Waals surface area contributed by atoms with Crippen molar-refractivity contribution in [2.75, 3.05) is 6.61 Å². The van der Waals surface area contributed by atoms with Crippen LogP contribution in [0.2, 0.25) is 0 Å². The van der Waals surface area contributed by atoms with E-state index in [9.17, 15) is 4.79 Å². The van der Waals surface area contributed by atoms with Crippen LogP contribution in [0.1, 0.15) is 29.3 Å². The van der Waals surface area contributed by atoms with Crippen LogP contribution in [0.3, 0.4) is 0 Å². The van der Waals surface area contributed by atoms with Crippen LogP contribution in [0.15, 0.2) is 24.3 Å². The van der Waals surface area contributed by atoms with Gasteiger partial charge in [0.1, 0.15) is 0 Å². The van der Waals surface area contributed by atoms with E-state index < -0.39 is 0 Å². The van der Waals surface area contributed by atoms with E-state index in [0.29, 0.717) is 17.4 Å². The molecule has 0 saturated heterocycles. The van der Waals surface area contributed by atoms with Crippen molar-refractivity contribution in [3.05, 3.63) is 35.4 Å². The third-order valence-corrected chi connectivity index (χ3v) is 2.98. The highest BCUT2D eigenvalue weighted by Gasteiger charge is 2.34. The van der Waals surface area contributed by atoms with Gasteiger partial charge in [-0.25, -0.2) is 0 Å². The van der Waals surface area contributed by atoms with E-state index in [2.05, 4.69) is 23.7 Å². The third kappa shape index (κ3) is 3.23. The lowest BCUT2D eigenvalue weighted by Gasteiger charge is -1.93. The number of benzene rings is 1. The van der Waals surface area contributed by atoms with Crippen molar-refractivity contribution in [3.8, 4) is 23.7 Å². The quantitative estimate of drug-likeness (QED) is 0.631. The molecule has 2 heteroatoms. The van der Waals surface area contributed by atoms with E-state index in [4.69, 9.17) is 5.11 Å². The molecule has 0 spiro atoms. The highest BCUT2D eigenvalue weighted by atomic mass is 16.3. The average Bonchev–Trinajstić information content (AvgIpc) is 3.14. The molecule has 0 amide bonds. The van der Waals surface area contributed by atoms with Gasteiger partial charge in [-0.15, -0.1) is 0 Å². The van der Waals surface area contributed by atoms with Crippen LogP contribution in [-0.2, 0) is 0 Å². The van der Waals surface area contributed by atoms with Crippen molar-refractivity contribution in [2.24, 2.45) is 11.8 Å². The highest BCUT2D eigenvalue weighted by Crippen LogP contribution is 2.36. The number of carbonyl (C=O) groups is 1. The molecular weight excluding hydrogens is 224 g/mol. The van der Waals surface area contributed by atoms with Crippen molar-refractivity contribution in [2.45, 2.75) is 13.3 Å². The van der Waals surface area contributed by atoms with Gasteiger partial charge in [0.2, 0.25) is 0 Å². The molecule has 0 aromatic heterocycles. The zero-order chi connectivity index (χ0) is 13.0. The van der Waals surface area contributed by atoms with E-state index in [0.717, 1.165) is 12.0 Å². The van der Waals surface area contributed by atoms with Crippen LogP contribution >= 0.6 is 0 Å². The number of rotatable bonds is 2. The molecule has 1 aromatic rings. The number of carbonyl (C=O) groups excluding carboxylic acids is 1. The van der Waals surface area contributed by atoms with Crippen LogP contribution in [0, 0.1) is 35.5 Å². The molecule has 0 radical (unpaired) electrons. The molecule has 2 nitrogen and oxygen atoms in total. The third-order valence-electron chi connectivity index (χ3n) is 2.98. The molecule has 2 unspecified atom stereocenters. The second kappa shape index (κ2) is 5.54. The molecule has 2 rings (SSSR count). The van der Waals surface area contributed by atoms with Gasteiger partial charge in [0, 0.05) is 23.7 Å². The first kappa shape index (κ1) is 12.4. The molecule has 1 fully saturated rings. The van der Waals surface area contributed by atoms with E-state index in [-0.39, 0.29) is 12.4 Å². The summed E-state index contributed by atoms with van der Waals surface area (Å²) < 4.78 is 0. The highest BCUT2D eigenvalue weighted by molar-refractivity contribution is 5.94. The number of ketones is 1. The van der Waals surface area contributed by atoms with Gasteiger partial charge in [-0.3, -0.25) is 4.79 Å². The fraction of sp³-hybridized carbons (Fsp3) is 0.312. The van der Waals surface area contributed by atoms with E-state index in [1.807, 2.05) is 12.1 Å². The van der Waals surface area contributed by atoms with Gasteiger partial charge in [-0.1, -0.05) is 24.0 Å². The second-order valence-corrected chi connectivity index (χ2v) is 4.44. The number of hydrogen-bond donors (Lipinski definition) is 1. The molecule has 1 aliphatic rings. The molecular formula is C16H14O2. The minimum Gasteiger partial charge on any atom is -0.396 e. The van der Waals surface area contributed by atoms with Crippen molar-refractivity contribution >= 4 is 5.78 Å². The van der Waals surface area contributed by atoms with E-state index in [1.165, 1.54) is 0 Å². The number of Topliss-reactive ketones (excluding diaryl/α,β-unsaturated/α-hetero) is 1. The van der Waals surface area contributed by atoms with Crippen LogP contribution in [0.4, 0.5) is 0 Å². The van der Waals surface area contributed by atoms with Crippen molar-refractivity contribution < 1.29 is 9.90 Å². The summed E-state index contributed by atoms with van der Waals surface area (Å²) in [6, 6.07) is 7.17. The topological polar surface area (TPSA) is 37.3 Å². The SMILES string of the molecule is CC(=O)c1ccc(C#CC#CC2CC2CO)cc1. The number of aliphatic hydroxyl groups excluding tert-OH is 1. The van der Waals surface area contributed by atoms with Gasteiger partial charge >= 0.3 is 0 Å². The summed E-state index contributed by atoms with van der Waals surface area (Å²) in [5.74, 6) is 12.3. The first-order valence-corrected chi connectivity index (χ1v) is 5.94. The predicted molar refractivity (Wildman–Crippen MR) is 69.8 cm³/mol. The molecule has 0 aliphatic heterocycles. The summed E-state index contributed by atoms with van der Waals surface area (Å²) in [5.41, 5.74) is 1.54. The molecule has 1 N–H and O–H groups in total. The zero-order valence-electron chi connectivity index (χ0n) is 10.2. The summed E-state index contributed by atoms with van der Waals surface area (Å²) >= 11 is 0. The molecule has 2 atom stereocenters. The summed E-state index contributed by atoms with van der Waals surface area (Å²) in [4.78, 5) is 11.1. The first-order chi connectivity index (χ1) is 8.70. The monoisotopic (exact) mass is 238 g/mol. The smallest absolute Gasteiger partial charge is 0.159 e. The Balaban J connectivity index is 1.96. The molecule has 0 bridgehead atoms. The minimum absolute atomic E-state index is 0.0538. The maximum atomic E-state index is 11.1. The molecule has 18 heavy (non-hydrogen) atoms. The fourth-order valence-electron chi connectivity index (χ4n) is 1.65. The van der Waals surface area contributed by atoms with E-state index >= 15 is 0 Å². The largest absolute Gasteiger partial charge is 0.396 e. The lowest BCUT2D eigenvalue weighted by Crippen LogP contribution is -1.90. The van der Waals surface area contributed by atoms with Gasteiger partial charge in [0.25, 0.3) is 0 Å². The Morgan fingerprint density at radius 3 is 2.61 bits per heavy atom. The van der Waals surface area contributed by atoms with E-state index in [1.54, 1.807) is 19.1 Å². The summed E-state index contributed by atoms with van der Waals surface area (Å²) in [6.45, 7) is 1.76. The molecule has 1 aliphatic carbocycles. The van der Waals surface area contributed by atoms with Crippen LogP contribution in [0.25, 0.3) is 0 Å². The van der Waals surface area contributed by atoms with Gasteiger partial charge in [0.05, 0.1) is 0 Å². The summed E-state index contributed by atoms with van der Waals surface area (Å²) in [6.07, 6.45) is 0.985. The van der Waals surface area contributed by atoms with Crippen LogP contribution in [-0.4, -0.2) is 17.5 Å². The maximum absolute atomic E-state index is 11.1. The molecule has 1 aromatic carbocycles. The standard InChI is InChI=1S/C16H14O2/c1-12(18)14-8-6-13(7-9-14)4-2-3-5-15-10-16(15)11-17/h6-9,15-17H,10-11H2,1H3. The van der Waals surface area contributed by atoms with Crippen LogP contribution in [0.5, 0.6) is 0 Å². The molecule has 0 heterocycles.